The fourth-order valence-corrected chi connectivity index (χ4v) is 1.48. The van der Waals surface area contributed by atoms with Crippen molar-refractivity contribution in [3.05, 3.63) is 0 Å². The molecule has 0 bridgehead atoms. The Kier molecular flexibility index (Phi) is 5.04. The lowest BCUT2D eigenvalue weighted by Gasteiger charge is -2.20. The summed E-state index contributed by atoms with van der Waals surface area (Å²) < 4.78 is 0. The predicted octanol–water partition coefficient (Wildman–Crippen LogP) is 3.16. The topological polar surface area (TPSA) is 0 Å². The molecule has 0 fully saturated rings. The van der Waals surface area contributed by atoms with Crippen molar-refractivity contribution in [1.82, 2.24) is 0 Å². The molecule has 0 nitrogen and oxygen atoms in total. The summed E-state index contributed by atoms with van der Waals surface area (Å²) in [4.78, 5) is 0. The molecule has 0 aliphatic carbocycles. The maximum absolute atomic E-state index is 3.49. The van der Waals surface area contributed by atoms with Crippen LogP contribution in [-0.4, -0.2) is 17.3 Å². The van der Waals surface area contributed by atoms with Crippen LogP contribution in [0.3, 0.4) is 0 Å². The lowest BCUT2D eigenvalue weighted by Crippen LogP contribution is -2.13. The normalized spacial score (nSPS) is 12.0. The van der Waals surface area contributed by atoms with Gasteiger partial charge in [0, 0.05) is 5.33 Å². The van der Waals surface area contributed by atoms with Crippen LogP contribution in [-0.2, 0) is 0 Å². The van der Waals surface area contributed by atoms with Crippen molar-refractivity contribution >= 4 is 27.7 Å². The molecular formula is C7H15BrS. The minimum Gasteiger partial charge on any atom is -0.165 e. The van der Waals surface area contributed by atoms with E-state index in [0.29, 0.717) is 5.41 Å². The van der Waals surface area contributed by atoms with Crippen molar-refractivity contribution in [3.8, 4) is 0 Å². The molecule has 0 unspecified atom stereocenters. The molecule has 0 amide bonds. The Labute approximate surface area is 70.9 Å². The first-order valence-corrected chi connectivity index (χ1v) is 5.69. The number of thioether (sulfide) groups is 1. The number of hydrogen-bond acceptors (Lipinski definition) is 1. The van der Waals surface area contributed by atoms with Gasteiger partial charge in [0.25, 0.3) is 0 Å². The largest absolute Gasteiger partial charge is 0.165 e. The van der Waals surface area contributed by atoms with E-state index in [2.05, 4.69) is 36.0 Å². The zero-order chi connectivity index (χ0) is 7.33. The summed E-state index contributed by atoms with van der Waals surface area (Å²) in [5, 5.41) is 1.11. The van der Waals surface area contributed by atoms with Crippen LogP contribution in [0.25, 0.3) is 0 Å². The van der Waals surface area contributed by atoms with Crippen LogP contribution in [0.4, 0.5) is 0 Å². The third kappa shape index (κ3) is 5.28. The second-order valence-electron chi connectivity index (χ2n) is 3.04. The van der Waals surface area contributed by atoms with Gasteiger partial charge in [0.2, 0.25) is 0 Å². The first-order chi connectivity index (χ1) is 4.12. The monoisotopic (exact) mass is 210 g/mol. The SMILES string of the molecule is CSCCC(C)(C)CBr. The van der Waals surface area contributed by atoms with Gasteiger partial charge in [-0.3, -0.25) is 0 Å². The van der Waals surface area contributed by atoms with Gasteiger partial charge in [0.1, 0.15) is 0 Å². The lowest BCUT2D eigenvalue weighted by atomic mass is 9.93. The van der Waals surface area contributed by atoms with E-state index in [0.717, 1.165) is 5.33 Å². The van der Waals surface area contributed by atoms with Crippen LogP contribution in [0.15, 0.2) is 0 Å². The molecule has 0 N–H and O–H groups in total. The zero-order valence-corrected chi connectivity index (χ0v) is 8.81. The highest BCUT2D eigenvalue weighted by Crippen LogP contribution is 2.24. The van der Waals surface area contributed by atoms with Crippen LogP contribution in [0.5, 0.6) is 0 Å². The van der Waals surface area contributed by atoms with Crippen LogP contribution in [0, 0.1) is 5.41 Å². The lowest BCUT2D eigenvalue weighted by molar-refractivity contribution is 0.415. The molecule has 56 valence electrons. The Morgan fingerprint density at radius 2 is 2.00 bits per heavy atom. The molecule has 0 aromatic heterocycles. The van der Waals surface area contributed by atoms with Crippen LogP contribution >= 0.6 is 27.7 Å². The van der Waals surface area contributed by atoms with Gasteiger partial charge in [-0.2, -0.15) is 11.8 Å². The number of rotatable bonds is 4. The minimum atomic E-state index is 0.489. The van der Waals surface area contributed by atoms with Crippen LogP contribution in [0.2, 0.25) is 0 Å². The summed E-state index contributed by atoms with van der Waals surface area (Å²) in [7, 11) is 0. The molecule has 0 aliphatic rings. The number of halogens is 1. The molecule has 0 heterocycles. The molecule has 0 rings (SSSR count). The maximum Gasteiger partial charge on any atom is 0.00829 e. The zero-order valence-electron chi connectivity index (χ0n) is 6.41. The van der Waals surface area contributed by atoms with Crippen molar-refractivity contribution in [2.24, 2.45) is 5.41 Å². The maximum atomic E-state index is 3.49. The second-order valence-corrected chi connectivity index (χ2v) is 4.59. The Balaban J connectivity index is 3.33. The molecule has 2 heteroatoms. The molecule has 0 spiro atoms. The van der Waals surface area contributed by atoms with Crippen LogP contribution < -0.4 is 0 Å². The summed E-state index contributed by atoms with van der Waals surface area (Å²) in [6, 6.07) is 0. The fourth-order valence-electron chi connectivity index (χ4n) is 0.445. The Morgan fingerprint density at radius 1 is 1.44 bits per heavy atom. The van der Waals surface area contributed by atoms with Crippen molar-refractivity contribution in [1.29, 1.82) is 0 Å². The van der Waals surface area contributed by atoms with Crippen molar-refractivity contribution in [3.63, 3.8) is 0 Å². The Bertz CT molecular complexity index is 71.3. The van der Waals surface area contributed by atoms with Crippen molar-refractivity contribution in [2.75, 3.05) is 17.3 Å². The van der Waals surface area contributed by atoms with Crippen molar-refractivity contribution in [2.45, 2.75) is 20.3 Å². The van der Waals surface area contributed by atoms with E-state index in [1.807, 2.05) is 11.8 Å². The van der Waals surface area contributed by atoms with E-state index in [4.69, 9.17) is 0 Å². The van der Waals surface area contributed by atoms with Crippen LogP contribution in [0.1, 0.15) is 20.3 Å². The second kappa shape index (κ2) is 4.62. The Morgan fingerprint density at radius 3 is 2.33 bits per heavy atom. The average molecular weight is 211 g/mol. The molecule has 9 heavy (non-hydrogen) atoms. The summed E-state index contributed by atoms with van der Waals surface area (Å²) in [6.07, 6.45) is 3.46. The first-order valence-electron chi connectivity index (χ1n) is 3.17. The third-order valence-corrected chi connectivity index (χ3v) is 3.48. The highest BCUT2D eigenvalue weighted by atomic mass is 79.9. The first kappa shape index (κ1) is 9.83. The molecule has 0 aromatic carbocycles. The molecule has 0 saturated carbocycles. The van der Waals surface area contributed by atoms with E-state index >= 15 is 0 Å². The van der Waals surface area contributed by atoms with Gasteiger partial charge in [0.15, 0.2) is 0 Å². The van der Waals surface area contributed by atoms with E-state index in [9.17, 15) is 0 Å². The molecule has 0 aromatic rings. The van der Waals surface area contributed by atoms with Gasteiger partial charge in [-0.15, -0.1) is 0 Å². The Hall–Kier alpha value is 0.830. The number of alkyl halides is 1. The van der Waals surface area contributed by atoms with Gasteiger partial charge >= 0.3 is 0 Å². The average Bonchev–Trinajstić information content (AvgIpc) is 1.84. The van der Waals surface area contributed by atoms with Gasteiger partial charge in [-0.1, -0.05) is 29.8 Å². The highest BCUT2D eigenvalue weighted by molar-refractivity contribution is 9.09. The quantitative estimate of drug-likeness (QED) is 0.643. The van der Waals surface area contributed by atoms with E-state index in [1.54, 1.807) is 0 Å². The van der Waals surface area contributed by atoms with Crippen molar-refractivity contribution < 1.29 is 0 Å². The predicted molar refractivity (Wildman–Crippen MR) is 50.6 cm³/mol. The third-order valence-electron chi connectivity index (χ3n) is 1.34. The highest BCUT2D eigenvalue weighted by Gasteiger charge is 2.14. The molecule has 0 aliphatic heterocycles. The van der Waals surface area contributed by atoms with Gasteiger partial charge < -0.3 is 0 Å². The fraction of sp³-hybridized carbons (Fsp3) is 1.00. The van der Waals surface area contributed by atoms with E-state index < -0.39 is 0 Å². The number of hydrogen-bond donors (Lipinski definition) is 0. The summed E-state index contributed by atoms with van der Waals surface area (Å²) in [6.45, 7) is 4.58. The summed E-state index contributed by atoms with van der Waals surface area (Å²) in [5.74, 6) is 1.28. The summed E-state index contributed by atoms with van der Waals surface area (Å²) >= 11 is 5.41. The minimum absolute atomic E-state index is 0.489. The van der Waals surface area contributed by atoms with E-state index in [-0.39, 0.29) is 0 Å². The standard InChI is InChI=1S/C7H15BrS/c1-7(2,6-8)4-5-9-3/h4-6H2,1-3H3. The molecule has 0 atom stereocenters. The van der Waals surface area contributed by atoms with Gasteiger partial charge in [0.05, 0.1) is 0 Å². The van der Waals surface area contributed by atoms with Gasteiger partial charge in [-0.25, -0.2) is 0 Å². The molecular weight excluding hydrogens is 196 g/mol. The molecule has 0 saturated heterocycles. The van der Waals surface area contributed by atoms with E-state index in [1.165, 1.54) is 12.2 Å². The smallest absolute Gasteiger partial charge is 0.00829 e. The summed E-state index contributed by atoms with van der Waals surface area (Å²) in [5.41, 5.74) is 0.489. The molecule has 0 radical (unpaired) electrons. The van der Waals surface area contributed by atoms with Gasteiger partial charge in [-0.05, 0) is 23.8 Å².